The Kier molecular flexibility index (Phi) is 5.14. The van der Waals surface area contributed by atoms with Crippen LogP contribution in [0.2, 0.25) is 5.15 Å². The van der Waals surface area contributed by atoms with Crippen molar-refractivity contribution in [3.8, 4) is 6.07 Å². The number of halogens is 1. The normalized spacial score (nSPS) is 9.95. The number of aromatic nitrogens is 1. The molecular weight excluding hydrogens is 310 g/mol. The fraction of sp³-hybridized carbons (Fsp3) is 0.214. The highest BCUT2D eigenvalue weighted by Gasteiger charge is 2.21. The molecule has 1 aromatic carbocycles. The first kappa shape index (κ1) is 15.3. The Morgan fingerprint density at radius 1 is 1.48 bits per heavy atom. The minimum absolute atomic E-state index is 0.111. The van der Waals surface area contributed by atoms with Gasteiger partial charge in [-0.25, -0.2) is 9.78 Å². The van der Waals surface area contributed by atoms with Crippen LogP contribution in [-0.2, 0) is 4.74 Å². The van der Waals surface area contributed by atoms with Crippen molar-refractivity contribution in [1.29, 1.82) is 5.26 Å². The third-order valence-corrected chi connectivity index (χ3v) is 4.14. The number of hydrogen-bond donors (Lipinski definition) is 0. The largest absolute Gasteiger partial charge is 0.465 e. The molecule has 0 amide bonds. The Balaban J connectivity index is 2.38. The number of carbonyl (C=O) groups excluding carboxylic acids is 1. The van der Waals surface area contributed by atoms with Gasteiger partial charge in [-0.15, -0.1) is 0 Å². The van der Waals surface area contributed by atoms with Crippen molar-refractivity contribution in [1.82, 2.24) is 4.98 Å². The Morgan fingerprint density at radius 3 is 2.81 bits per heavy atom. The molecule has 0 bridgehead atoms. The minimum atomic E-state index is -0.517. The van der Waals surface area contributed by atoms with Crippen molar-refractivity contribution < 1.29 is 9.53 Å². The number of hydrogen-bond acceptors (Lipinski definition) is 6. The highest BCUT2D eigenvalue weighted by molar-refractivity contribution is 7.18. The van der Waals surface area contributed by atoms with Gasteiger partial charge in [-0.1, -0.05) is 41.1 Å². The highest BCUT2D eigenvalue weighted by atomic mass is 35.5. The predicted molar refractivity (Wildman–Crippen MR) is 82.1 cm³/mol. The van der Waals surface area contributed by atoms with Crippen LogP contribution in [0.1, 0.15) is 16.1 Å². The zero-order valence-electron chi connectivity index (χ0n) is 11.2. The van der Waals surface area contributed by atoms with E-state index in [1.54, 1.807) is 0 Å². The number of ether oxygens (including phenoxy) is 1. The first-order chi connectivity index (χ1) is 10.2. The topological polar surface area (TPSA) is 66.2 Å². The van der Waals surface area contributed by atoms with E-state index in [9.17, 15) is 4.79 Å². The van der Waals surface area contributed by atoms with Crippen LogP contribution < -0.4 is 4.90 Å². The van der Waals surface area contributed by atoms with E-state index in [0.717, 1.165) is 17.0 Å². The molecule has 2 aromatic rings. The summed E-state index contributed by atoms with van der Waals surface area (Å²) in [6, 6.07) is 11.6. The average Bonchev–Trinajstić information content (AvgIpc) is 2.90. The van der Waals surface area contributed by atoms with Crippen LogP contribution >= 0.6 is 22.9 Å². The summed E-state index contributed by atoms with van der Waals surface area (Å²) in [4.78, 5) is 17.9. The summed E-state index contributed by atoms with van der Waals surface area (Å²) in [5.41, 5.74) is 0.884. The van der Waals surface area contributed by atoms with Gasteiger partial charge in [0.15, 0.2) is 15.2 Å². The van der Waals surface area contributed by atoms with Crippen LogP contribution in [0.3, 0.4) is 0 Å². The molecule has 0 N–H and O–H groups in total. The number of esters is 1. The standard InChI is InChI=1S/C14H12ClN3O2S/c1-20-13(19)11-12(15)17-14(21-11)18(9-5-8-16)10-6-3-2-4-7-10/h2-4,6-7H,5,9H2,1H3. The summed E-state index contributed by atoms with van der Waals surface area (Å²) in [6.45, 7) is 0.463. The van der Waals surface area contributed by atoms with E-state index in [4.69, 9.17) is 16.9 Å². The second-order valence-electron chi connectivity index (χ2n) is 4.00. The molecule has 0 aliphatic heterocycles. The van der Waals surface area contributed by atoms with E-state index in [0.29, 0.717) is 18.1 Å². The first-order valence-corrected chi connectivity index (χ1v) is 7.31. The number of methoxy groups -OCH3 is 1. The molecule has 0 atom stereocenters. The van der Waals surface area contributed by atoms with E-state index in [2.05, 4.69) is 15.8 Å². The lowest BCUT2D eigenvalue weighted by atomic mass is 10.3. The van der Waals surface area contributed by atoms with Gasteiger partial charge in [-0.05, 0) is 12.1 Å². The average molecular weight is 322 g/mol. The molecule has 0 radical (unpaired) electrons. The first-order valence-electron chi connectivity index (χ1n) is 6.11. The van der Waals surface area contributed by atoms with Gasteiger partial charge in [0.1, 0.15) is 0 Å². The molecule has 5 nitrogen and oxygen atoms in total. The lowest BCUT2D eigenvalue weighted by Crippen LogP contribution is -2.17. The zero-order valence-corrected chi connectivity index (χ0v) is 12.8. The Morgan fingerprint density at radius 2 is 2.19 bits per heavy atom. The minimum Gasteiger partial charge on any atom is -0.465 e. The number of anilines is 2. The van der Waals surface area contributed by atoms with Gasteiger partial charge in [0, 0.05) is 12.2 Å². The number of nitriles is 1. The number of rotatable bonds is 5. The summed E-state index contributed by atoms with van der Waals surface area (Å²) in [5, 5.41) is 9.47. The van der Waals surface area contributed by atoms with Gasteiger partial charge >= 0.3 is 5.97 Å². The molecule has 0 unspecified atom stereocenters. The van der Waals surface area contributed by atoms with Gasteiger partial charge in [0.2, 0.25) is 0 Å². The fourth-order valence-corrected chi connectivity index (χ4v) is 2.98. The fourth-order valence-electron chi connectivity index (χ4n) is 1.73. The predicted octanol–water partition coefficient (Wildman–Crippen LogP) is 3.63. The third-order valence-electron chi connectivity index (χ3n) is 2.69. The Labute approximate surface area is 131 Å². The lowest BCUT2D eigenvalue weighted by Gasteiger charge is -2.20. The van der Waals surface area contributed by atoms with Gasteiger partial charge in [-0.3, -0.25) is 0 Å². The van der Waals surface area contributed by atoms with Gasteiger partial charge in [-0.2, -0.15) is 5.26 Å². The number of carbonyl (C=O) groups is 1. The lowest BCUT2D eigenvalue weighted by molar-refractivity contribution is 0.0606. The van der Waals surface area contributed by atoms with E-state index >= 15 is 0 Å². The van der Waals surface area contributed by atoms with E-state index in [1.807, 2.05) is 35.2 Å². The van der Waals surface area contributed by atoms with Crippen molar-refractivity contribution in [2.75, 3.05) is 18.6 Å². The molecule has 0 saturated carbocycles. The molecule has 108 valence electrons. The maximum Gasteiger partial charge on any atom is 0.351 e. The SMILES string of the molecule is COC(=O)c1sc(N(CCC#N)c2ccccc2)nc1Cl. The molecule has 0 saturated heterocycles. The van der Waals surface area contributed by atoms with Crippen LogP contribution in [0.15, 0.2) is 30.3 Å². The molecule has 0 fully saturated rings. The van der Waals surface area contributed by atoms with Gasteiger partial charge < -0.3 is 9.64 Å². The van der Waals surface area contributed by atoms with Crippen molar-refractivity contribution in [3.63, 3.8) is 0 Å². The second kappa shape index (κ2) is 7.07. The second-order valence-corrected chi connectivity index (χ2v) is 5.34. The number of para-hydroxylation sites is 1. The Bertz CT molecular complexity index is 667. The van der Waals surface area contributed by atoms with Crippen LogP contribution in [0.5, 0.6) is 0 Å². The van der Waals surface area contributed by atoms with Gasteiger partial charge in [0.05, 0.1) is 19.6 Å². The molecule has 7 heteroatoms. The van der Waals surface area contributed by atoms with Crippen LogP contribution in [0.4, 0.5) is 10.8 Å². The summed E-state index contributed by atoms with van der Waals surface area (Å²) >= 11 is 7.14. The smallest absolute Gasteiger partial charge is 0.351 e. The molecule has 1 heterocycles. The molecular formula is C14H12ClN3O2S. The molecule has 0 aliphatic rings. The summed E-state index contributed by atoms with van der Waals surface area (Å²) in [7, 11) is 1.29. The number of benzene rings is 1. The zero-order chi connectivity index (χ0) is 15.2. The molecule has 0 spiro atoms. The van der Waals surface area contributed by atoms with Crippen LogP contribution in [0.25, 0.3) is 0 Å². The van der Waals surface area contributed by atoms with Crippen LogP contribution in [0, 0.1) is 11.3 Å². The van der Waals surface area contributed by atoms with E-state index in [-0.39, 0.29) is 10.0 Å². The monoisotopic (exact) mass is 321 g/mol. The maximum atomic E-state index is 11.6. The number of thiazole rings is 1. The molecule has 2 rings (SSSR count). The summed E-state index contributed by atoms with van der Waals surface area (Å²) in [5.74, 6) is -0.517. The summed E-state index contributed by atoms with van der Waals surface area (Å²) in [6.07, 6.45) is 0.333. The van der Waals surface area contributed by atoms with Crippen LogP contribution in [-0.4, -0.2) is 24.6 Å². The van der Waals surface area contributed by atoms with Crippen molar-refractivity contribution in [2.24, 2.45) is 0 Å². The third kappa shape index (κ3) is 3.51. The van der Waals surface area contributed by atoms with E-state index in [1.165, 1.54) is 7.11 Å². The van der Waals surface area contributed by atoms with Crippen molar-refractivity contribution in [3.05, 3.63) is 40.4 Å². The highest BCUT2D eigenvalue weighted by Crippen LogP contribution is 2.34. The molecule has 21 heavy (non-hydrogen) atoms. The summed E-state index contributed by atoms with van der Waals surface area (Å²) < 4.78 is 4.67. The van der Waals surface area contributed by atoms with Crippen molar-refractivity contribution in [2.45, 2.75) is 6.42 Å². The van der Waals surface area contributed by atoms with Gasteiger partial charge in [0.25, 0.3) is 0 Å². The molecule has 0 aliphatic carbocycles. The van der Waals surface area contributed by atoms with E-state index < -0.39 is 5.97 Å². The molecule has 1 aromatic heterocycles. The maximum absolute atomic E-state index is 11.6. The quantitative estimate of drug-likeness (QED) is 0.787. The van der Waals surface area contributed by atoms with Crippen molar-refractivity contribution >= 4 is 39.7 Å². The Hall–Kier alpha value is -2.10. The number of nitrogens with zero attached hydrogens (tertiary/aromatic N) is 3.